The van der Waals surface area contributed by atoms with E-state index >= 15 is 0 Å². The highest BCUT2D eigenvalue weighted by atomic mass is 16.2. The van der Waals surface area contributed by atoms with Gasteiger partial charge in [-0.05, 0) is 30.7 Å². The first-order chi connectivity index (χ1) is 17.0. The standard InChI is InChI=1S/C25H19N7O3/c1-16-12-13-20-26-14-19(25(35)31(20)15-16)23(33)28-29-24(34)21-27-22(17-8-4-2-5-9-17)32(30-21)18-10-6-3-7-11-18/h2-15H,1H3,(H,28,33)(H,29,34). The molecule has 0 atom stereocenters. The Morgan fingerprint density at radius 1 is 0.857 bits per heavy atom. The van der Waals surface area contributed by atoms with Gasteiger partial charge in [-0.3, -0.25) is 29.6 Å². The lowest BCUT2D eigenvalue weighted by Gasteiger charge is -2.07. The Morgan fingerprint density at radius 3 is 2.29 bits per heavy atom. The molecule has 0 spiro atoms. The summed E-state index contributed by atoms with van der Waals surface area (Å²) in [4.78, 5) is 46.6. The molecule has 0 aliphatic heterocycles. The number of rotatable bonds is 4. The first kappa shape index (κ1) is 21.7. The summed E-state index contributed by atoms with van der Waals surface area (Å²) in [5.41, 5.74) is 6.46. The van der Waals surface area contributed by atoms with Crippen LogP contribution in [0, 0.1) is 6.92 Å². The van der Waals surface area contributed by atoms with Gasteiger partial charge in [-0.15, -0.1) is 5.10 Å². The van der Waals surface area contributed by atoms with Gasteiger partial charge < -0.3 is 0 Å². The normalized spacial score (nSPS) is 10.8. The summed E-state index contributed by atoms with van der Waals surface area (Å²) in [5.74, 6) is -1.25. The Hall–Kier alpha value is -5.12. The molecule has 2 amide bonds. The summed E-state index contributed by atoms with van der Waals surface area (Å²) >= 11 is 0. The maximum atomic E-state index is 12.8. The molecule has 0 saturated carbocycles. The number of nitrogens with zero attached hydrogens (tertiary/aromatic N) is 5. The lowest BCUT2D eigenvalue weighted by Crippen LogP contribution is -2.44. The van der Waals surface area contributed by atoms with Crippen LogP contribution in [0.3, 0.4) is 0 Å². The summed E-state index contributed by atoms with van der Waals surface area (Å²) in [6.45, 7) is 1.82. The zero-order chi connectivity index (χ0) is 24.4. The molecule has 0 radical (unpaired) electrons. The fraction of sp³-hybridized carbons (Fsp3) is 0.0400. The van der Waals surface area contributed by atoms with E-state index in [1.165, 1.54) is 10.6 Å². The van der Waals surface area contributed by atoms with Crippen LogP contribution in [0.15, 0.2) is 90.0 Å². The number of nitrogens with one attached hydrogen (secondary N) is 2. The minimum Gasteiger partial charge on any atom is -0.268 e. The average molecular weight is 465 g/mol. The number of carbonyl (C=O) groups is 2. The minimum atomic E-state index is -0.808. The molecule has 0 unspecified atom stereocenters. The van der Waals surface area contributed by atoms with E-state index in [1.807, 2.05) is 73.7 Å². The number of aromatic nitrogens is 5. The molecule has 0 aliphatic carbocycles. The van der Waals surface area contributed by atoms with E-state index in [2.05, 4.69) is 25.9 Å². The molecular weight excluding hydrogens is 446 g/mol. The number of benzene rings is 2. The second kappa shape index (κ2) is 9.02. The van der Waals surface area contributed by atoms with Gasteiger partial charge in [0.05, 0.1) is 5.69 Å². The average Bonchev–Trinajstić information content (AvgIpc) is 3.34. The second-order valence-corrected chi connectivity index (χ2v) is 7.69. The van der Waals surface area contributed by atoms with Crippen molar-refractivity contribution in [3.63, 3.8) is 0 Å². The van der Waals surface area contributed by atoms with E-state index in [0.29, 0.717) is 17.2 Å². The molecular formula is C25H19N7O3. The van der Waals surface area contributed by atoms with Gasteiger partial charge in [0.25, 0.3) is 11.5 Å². The van der Waals surface area contributed by atoms with Crippen molar-refractivity contribution in [3.8, 4) is 17.1 Å². The van der Waals surface area contributed by atoms with E-state index in [1.54, 1.807) is 16.9 Å². The van der Waals surface area contributed by atoms with Crippen molar-refractivity contribution in [2.45, 2.75) is 6.92 Å². The number of hydrogen-bond donors (Lipinski definition) is 2. The van der Waals surface area contributed by atoms with Crippen molar-refractivity contribution in [1.82, 2.24) is 35.0 Å². The summed E-state index contributed by atoms with van der Waals surface area (Å²) in [6.07, 6.45) is 2.76. The zero-order valence-electron chi connectivity index (χ0n) is 18.5. The minimum absolute atomic E-state index is 0.156. The third-order valence-electron chi connectivity index (χ3n) is 5.23. The highest BCUT2D eigenvalue weighted by molar-refractivity contribution is 5.97. The van der Waals surface area contributed by atoms with Gasteiger partial charge in [-0.1, -0.05) is 54.6 Å². The van der Waals surface area contributed by atoms with Gasteiger partial charge in [0, 0.05) is 18.0 Å². The molecule has 0 aliphatic rings. The Balaban J connectivity index is 1.40. The number of aryl methyl sites for hydroxylation is 1. The first-order valence-corrected chi connectivity index (χ1v) is 10.7. The Labute approximate surface area is 198 Å². The van der Waals surface area contributed by atoms with Crippen LogP contribution in [0.4, 0.5) is 0 Å². The number of fused-ring (bicyclic) bond motifs is 1. The van der Waals surface area contributed by atoms with Crippen molar-refractivity contribution in [3.05, 3.63) is 112 Å². The van der Waals surface area contributed by atoms with Crippen LogP contribution in [-0.2, 0) is 0 Å². The maximum absolute atomic E-state index is 12.8. The zero-order valence-corrected chi connectivity index (χ0v) is 18.5. The smallest absolute Gasteiger partial charge is 0.268 e. The summed E-state index contributed by atoms with van der Waals surface area (Å²) in [5, 5.41) is 4.34. The number of carbonyl (C=O) groups excluding carboxylic acids is 2. The Bertz CT molecular complexity index is 1550. The summed E-state index contributed by atoms with van der Waals surface area (Å²) in [6, 6.07) is 22.0. The van der Waals surface area contributed by atoms with Crippen molar-refractivity contribution in [1.29, 1.82) is 0 Å². The van der Waals surface area contributed by atoms with Crippen LogP contribution in [0.5, 0.6) is 0 Å². The number of para-hydroxylation sites is 1. The second-order valence-electron chi connectivity index (χ2n) is 7.69. The van der Waals surface area contributed by atoms with Crippen molar-refractivity contribution in [2.24, 2.45) is 0 Å². The topological polar surface area (TPSA) is 123 Å². The van der Waals surface area contributed by atoms with Crippen molar-refractivity contribution >= 4 is 17.5 Å². The molecule has 35 heavy (non-hydrogen) atoms. The molecule has 5 rings (SSSR count). The molecule has 5 aromatic rings. The number of hydrazine groups is 1. The SMILES string of the molecule is Cc1ccc2ncc(C(=O)NNC(=O)c3nc(-c4ccccc4)n(-c4ccccc4)n3)c(=O)n2c1. The van der Waals surface area contributed by atoms with Crippen LogP contribution >= 0.6 is 0 Å². The predicted octanol–water partition coefficient (Wildman–Crippen LogP) is 2.33. The van der Waals surface area contributed by atoms with Crippen LogP contribution in [-0.4, -0.2) is 36.0 Å². The largest absolute Gasteiger partial charge is 0.309 e. The third kappa shape index (κ3) is 4.27. The van der Waals surface area contributed by atoms with Gasteiger partial charge in [-0.25, -0.2) is 14.6 Å². The highest BCUT2D eigenvalue weighted by Gasteiger charge is 2.20. The van der Waals surface area contributed by atoms with Crippen LogP contribution in [0.25, 0.3) is 22.7 Å². The van der Waals surface area contributed by atoms with Crippen LogP contribution < -0.4 is 16.4 Å². The fourth-order valence-electron chi connectivity index (χ4n) is 3.51. The highest BCUT2D eigenvalue weighted by Crippen LogP contribution is 2.20. The Morgan fingerprint density at radius 2 is 1.54 bits per heavy atom. The molecule has 2 N–H and O–H groups in total. The van der Waals surface area contributed by atoms with Crippen LogP contribution in [0.2, 0.25) is 0 Å². The number of pyridine rings is 1. The summed E-state index contributed by atoms with van der Waals surface area (Å²) < 4.78 is 2.83. The quantitative estimate of drug-likeness (QED) is 0.393. The molecule has 10 nitrogen and oxygen atoms in total. The van der Waals surface area contributed by atoms with Gasteiger partial charge in [0.1, 0.15) is 11.2 Å². The van der Waals surface area contributed by atoms with Crippen LogP contribution in [0.1, 0.15) is 26.5 Å². The maximum Gasteiger partial charge on any atom is 0.309 e. The Kier molecular flexibility index (Phi) is 5.60. The molecule has 3 heterocycles. The molecule has 172 valence electrons. The molecule has 10 heteroatoms. The van der Waals surface area contributed by atoms with E-state index in [4.69, 9.17) is 0 Å². The first-order valence-electron chi connectivity index (χ1n) is 10.7. The predicted molar refractivity (Wildman–Crippen MR) is 128 cm³/mol. The van der Waals surface area contributed by atoms with Gasteiger partial charge in [-0.2, -0.15) is 0 Å². The van der Waals surface area contributed by atoms with Crippen molar-refractivity contribution in [2.75, 3.05) is 0 Å². The monoisotopic (exact) mass is 465 g/mol. The van der Waals surface area contributed by atoms with Crippen molar-refractivity contribution < 1.29 is 9.59 Å². The summed E-state index contributed by atoms with van der Waals surface area (Å²) in [7, 11) is 0. The molecule has 0 bridgehead atoms. The number of amides is 2. The molecule has 0 saturated heterocycles. The lowest BCUT2D eigenvalue weighted by molar-refractivity contribution is 0.0840. The number of hydrogen-bond acceptors (Lipinski definition) is 6. The lowest BCUT2D eigenvalue weighted by atomic mass is 10.2. The van der Waals surface area contributed by atoms with E-state index < -0.39 is 17.4 Å². The molecule has 2 aromatic carbocycles. The molecule has 3 aromatic heterocycles. The van der Waals surface area contributed by atoms with Gasteiger partial charge in [0.2, 0.25) is 5.82 Å². The molecule has 0 fully saturated rings. The van der Waals surface area contributed by atoms with Gasteiger partial charge >= 0.3 is 5.91 Å². The van der Waals surface area contributed by atoms with E-state index in [0.717, 1.165) is 11.1 Å². The van der Waals surface area contributed by atoms with E-state index in [9.17, 15) is 14.4 Å². The third-order valence-corrected chi connectivity index (χ3v) is 5.23. The van der Waals surface area contributed by atoms with Gasteiger partial charge in [0.15, 0.2) is 5.82 Å². The van der Waals surface area contributed by atoms with E-state index in [-0.39, 0.29) is 11.4 Å². The fourth-order valence-corrected chi connectivity index (χ4v) is 3.51.